The summed E-state index contributed by atoms with van der Waals surface area (Å²) in [6, 6.07) is 21.4. The molecule has 4 atom stereocenters. The molecule has 3 aromatic rings. The van der Waals surface area contributed by atoms with Crippen LogP contribution in [0.2, 0.25) is 0 Å². The Hall–Kier alpha value is -2.41. The Balaban J connectivity index is 1.50. The normalized spacial score (nSPS) is 24.9. The molecule has 35 heavy (non-hydrogen) atoms. The van der Waals surface area contributed by atoms with Gasteiger partial charge in [0.05, 0.1) is 4.90 Å². The Labute approximate surface area is 210 Å². The molecule has 0 amide bonds. The van der Waals surface area contributed by atoms with E-state index in [4.69, 9.17) is 0 Å². The zero-order chi connectivity index (χ0) is 24.9. The lowest BCUT2D eigenvalue weighted by Gasteiger charge is -2.44. The second-order valence-electron chi connectivity index (χ2n) is 10.7. The lowest BCUT2D eigenvalue weighted by molar-refractivity contribution is 0.0901. The lowest BCUT2D eigenvalue weighted by Crippen LogP contribution is -2.50. The van der Waals surface area contributed by atoms with Crippen LogP contribution in [0.1, 0.15) is 36.3 Å². The summed E-state index contributed by atoms with van der Waals surface area (Å²) in [5, 5.41) is 1.74. The number of aryl methyl sites for hydroxylation is 1. The quantitative estimate of drug-likeness (QED) is 0.481. The molecule has 0 aromatic heterocycles. The van der Waals surface area contributed by atoms with Crippen molar-refractivity contribution in [3.05, 3.63) is 71.8 Å². The van der Waals surface area contributed by atoms with Crippen LogP contribution in [0, 0.1) is 12.8 Å². The zero-order valence-electron chi connectivity index (χ0n) is 21.5. The third kappa shape index (κ3) is 4.26. The van der Waals surface area contributed by atoms with Crippen LogP contribution < -0.4 is 4.90 Å². The first kappa shape index (κ1) is 24.3. The summed E-state index contributed by atoms with van der Waals surface area (Å²) in [7, 11) is 4.30. The van der Waals surface area contributed by atoms with Crippen LogP contribution >= 0.6 is 0 Å². The molecule has 2 aliphatic rings. The summed E-state index contributed by atoms with van der Waals surface area (Å²) in [5.74, 6) is 0.628. The summed E-state index contributed by atoms with van der Waals surface area (Å²) < 4.78 is 29.6. The number of benzene rings is 3. The SMILES string of the molecule is Cc1ccc([C@H]2C[C@H]3CCC(C2CN(C)S(=O)(=O)c2cccc4c(N(C)C)cccc24)N3C)cc1. The molecular weight excluding hydrogens is 454 g/mol. The molecule has 6 heteroatoms. The minimum atomic E-state index is -3.66. The number of piperidine rings is 1. The first-order valence-electron chi connectivity index (χ1n) is 12.6. The molecule has 186 valence electrons. The van der Waals surface area contributed by atoms with E-state index in [0.29, 0.717) is 29.4 Å². The van der Waals surface area contributed by atoms with Crippen molar-refractivity contribution < 1.29 is 8.42 Å². The fraction of sp³-hybridized carbons (Fsp3) is 0.448. The van der Waals surface area contributed by atoms with Gasteiger partial charge in [0.1, 0.15) is 0 Å². The van der Waals surface area contributed by atoms with E-state index in [9.17, 15) is 8.42 Å². The second-order valence-corrected chi connectivity index (χ2v) is 12.7. The number of hydrogen-bond donors (Lipinski definition) is 0. The molecule has 2 heterocycles. The number of fused-ring (bicyclic) bond motifs is 3. The maximum Gasteiger partial charge on any atom is 0.243 e. The highest BCUT2D eigenvalue weighted by molar-refractivity contribution is 7.89. The Morgan fingerprint density at radius 2 is 1.60 bits per heavy atom. The van der Waals surface area contributed by atoms with Gasteiger partial charge >= 0.3 is 0 Å². The van der Waals surface area contributed by atoms with Crippen molar-refractivity contribution >= 4 is 26.5 Å². The molecule has 3 aromatic carbocycles. The summed E-state index contributed by atoms with van der Waals surface area (Å²) in [5.41, 5.74) is 3.62. The maximum atomic E-state index is 14.0. The van der Waals surface area contributed by atoms with Crippen molar-refractivity contribution in [1.82, 2.24) is 9.21 Å². The molecule has 2 bridgehead atoms. The van der Waals surface area contributed by atoms with Gasteiger partial charge in [-0.15, -0.1) is 0 Å². The number of anilines is 1. The number of nitrogens with zero attached hydrogens (tertiary/aromatic N) is 3. The highest BCUT2D eigenvalue weighted by Gasteiger charge is 2.47. The van der Waals surface area contributed by atoms with E-state index < -0.39 is 10.0 Å². The Morgan fingerprint density at radius 3 is 2.31 bits per heavy atom. The van der Waals surface area contributed by atoms with E-state index in [1.807, 2.05) is 49.3 Å². The third-order valence-electron chi connectivity index (χ3n) is 8.43. The molecule has 0 N–H and O–H groups in total. The molecule has 0 radical (unpaired) electrons. The maximum absolute atomic E-state index is 14.0. The van der Waals surface area contributed by atoms with Gasteiger partial charge in [0, 0.05) is 56.2 Å². The second kappa shape index (κ2) is 9.23. The lowest BCUT2D eigenvalue weighted by atomic mass is 9.76. The summed E-state index contributed by atoms with van der Waals surface area (Å²) in [4.78, 5) is 4.93. The first-order valence-corrected chi connectivity index (χ1v) is 14.1. The van der Waals surface area contributed by atoms with E-state index in [-0.39, 0.29) is 5.92 Å². The van der Waals surface area contributed by atoms with E-state index >= 15 is 0 Å². The molecular formula is C29H37N3O2S. The highest BCUT2D eigenvalue weighted by Crippen LogP contribution is 2.47. The predicted octanol–water partition coefficient (Wildman–Crippen LogP) is 5.10. The predicted molar refractivity (Wildman–Crippen MR) is 145 cm³/mol. The molecule has 5 nitrogen and oxygen atoms in total. The fourth-order valence-electron chi connectivity index (χ4n) is 6.47. The molecule has 0 spiro atoms. The minimum Gasteiger partial charge on any atom is -0.377 e. The average molecular weight is 492 g/mol. The smallest absolute Gasteiger partial charge is 0.243 e. The van der Waals surface area contributed by atoms with E-state index in [0.717, 1.165) is 29.3 Å². The standard InChI is InChI=1S/C29H37N3O2S/c1-20-12-14-21(15-13-20)25-18-22-16-17-28(32(22)5)26(25)19-31(4)35(33,34)29-11-7-8-23-24(29)9-6-10-27(23)30(2)3/h6-15,22,25-26,28H,16-19H2,1-5H3/t22-,25-,26?,28?/m1/s1. The van der Waals surface area contributed by atoms with Gasteiger partial charge in [-0.2, -0.15) is 0 Å². The zero-order valence-corrected chi connectivity index (χ0v) is 22.3. The van der Waals surface area contributed by atoms with Crippen LogP contribution in [0.15, 0.2) is 65.6 Å². The number of sulfonamides is 1. The van der Waals surface area contributed by atoms with Gasteiger partial charge in [-0.05, 0) is 62.8 Å². The van der Waals surface area contributed by atoms with Crippen molar-refractivity contribution in [2.75, 3.05) is 39.6 Å². The summed E-state index contributed by atoms with van der Waals surface area (Å²) >= 11 is 0. The van der Waals surface area contributed by atoms with Gasteiger partial charge in [-0.25, -0.2) is 12.7 Å². The Kier molecular flexibility index (Phi) is 6.41. The van der Waals surface area contributed by atoms with Crippen molar-refractivity contribution in [1.29, 1.82) is 0 Å². The summed E-state index contributed by atoms with van der Waals surface area (Å²) in [6.07, 6.45) is 3.44. The van der Waals surface area contributed by atoms with Gasteiger partial charge in [0.2, 0.25) is 10.0 Å². The first-order chi connectivity index (χ1) is 16.7. The monoisotopic (exact) mass is 491 g/mol. The highest BCUT2D eigenvalue weighted by atomic mass is 32.2. The van der Waals surface area contributed by atoms with Crippen LogP contribution in [0.25, 0.3) is 10.8 Å². The number of hydrogen-bond acceptors (Lipinski definition) is 4. The largest absolute Gasteiger partial charge is 0.377 e. The topological polar surface area (TPSA) is 43.9 Å². The van der Waals surface area contributed by atoms with Crippen LogP contribution in [-0.2, 0) is 10.0 Å². The van der Waals surface area contributed by atoms with Crippen LogP contribution in [0.5, 0.6) is 0 Å². The molecule has 2 fully saturated rings. The van der Waals surface area contributed by atoms with E-state index in [1.54, 1.807) is 17.4 Å². The van der Waals surface area contributed by atoms with Crippen LogP contribution in [-0.4, -0.2) is 64.4 Å². The molecule has 0 saturated carbocycles. The minimum absolute atomic E-state index is 0.258. The van der Waals surface area contributed by atoms with Gasteiger partial charge in [-0.3, -0.25) is 0 Å². The van der Waals surface area contributed by atoms with Crippen molar-refractivity contribution in [3.8, 4) is 0 Å². The Bertz CT molecular complexity index is 1320. The van der Waals surface area contributed by atoms with E-state index in [2.05, 4.69) is 43.1 Å². The van der Waals surface area contributed by atoms with Crippen molar-refractivity contribution in [2.24, 2.45) is 5.92 Å². The van der Waals surface area contributed by atoms with Crippen molar-refractivity contribution in [3.63, 3.8) is 0 Å². The average Bonchev–Trinajstić information content (AvgIpc) is 3.08. The van der Waals surface area contributed by atoms with Gasteiger partial charge in [0.25, 0.3) is 0 Å². The molecule has 5 rings (SSSR count). The third-order valence-corrected chi connectivity index (χ3v) is 10.3. The molecule has 0 aliphatic carbocycles. The molecule has 2 aliphatic heterocycles. The van der Waals surface area contributed by atoms with Crippen LogP contribution in [0.3, 0.4) is 0 Å². The van der Waals surface area contributed by atoms with Gasteiger partial charge in [-0.1, -0.05) is 54.1 Å². The summed E-state index contributed by atoms with van der Waals surface area (Å²) in [6.45, 7) is 2.64. The molecule has 2 unspecified atom stereocenters. The number of rotatable bonds is 6. The van der Waals surface area contributed by atoms with Crippen molar-refractivity contribution in [2.45, 2.75) is 49.1 Å². The van der Waals surface area contributed by atoms with Crippen LogP contribution in [0.4, 0.5) is 5.69 Å². The Morgan fingerprint density at radius 1 is 0.914 bits per heavy atom. The molecule has 2 saturated heterocycles. The fourth-order valence-corrected chi connectivity index (χ4v) is 7.88. The van der Waals surface area contributed by atoms with Gasteiger partial charge in [0.15, 0.2) is 0 Å². The van der Waals surface area contributed by atoms with Gasteiger partial charge < -0.3 is 9.80 Å². The van der Waals surface area contributed by atoms with E-state index in [1.165, 1.54) is 17.5 Å².